The van der Waals surface area contributed by atoms with Gasteiger partial charge in [0.2, 0.25) is 0 Å². The molecule has 2 rings (SSSR count). The molecule has 0 aliphatic carbocycles. The van der Waals surface area contributed by atoms with Crippen molar-refractivity contribution < 1.29 is 9.90 Å². The molecule has 2 aromatic rings. The summed E-state index contributed by atoms with van der Waals surface area (Å²) in [7, 11) is 1.62. The summed E-state index contributed by atoms with van der Waals surface area (Å²) in [5.74, 6) is -1.01. The number of pyridine rings is 1. The van der Waals surface area contributed by atoms with Gasteiger partial charge in [-0.1, -0.05) is 23.7 Å². The minimum absolute atomic E-state index is 0.112. The Labute approximate surface area is 126 Å². The molecule has 0 saturated carbocycles. The quantitative estimate of drug-likeness (QED) is 0.911. The summed E-state index contributed by atoms with van der Waals surface area (Å²) in [6, 6.07) is 7.31. The van der Waals surface area contributed by atoms with E-state index in [4.69, 9.17) is 11.6 Å². The molecule has 0 saturated heterocycles. The van der Waals surface area contributed by atoms with E-state index in [0.29, 0.717) is 21.8 Å². The molecule has 0 radical (unpaired) electrons. The average molecular weight is 307 g/mol. The van der Waals surface area contributed by atoms with E-state index in [1.165, 1.54) is 4.57 Å². The lowest BCUT2D eigenvalue weighted by atomic mass is 10.1. The number of hydrogen-bond acceptors (Lipinski definition) is 3. The third kappa shape index (κ3) is 3.44. The molecule has 1 unspecified atom stereocenters. The van der Waals surface area contributed by atoms with Crippen molar-refractivity contribution in [1.82, 2.24) is 4.57 Å². The van der Waals surface area contributed by atoms with Crippen molar-refractivity contribution in [3.05, 3.63) is 63.0 Å². The molecule has 110 valence electrons. The van der Waals surface area contributed by atoms with Crippen LogP contribution in [-0.4, -0.2) is 15.6 Å². The lowest BCUT2D eigenvalue weighted by molar-refractivity contribution is -0.138. The van der Waals surface area contributed by atoms with E-state index in [9.17, 15) is 14.7 Å². The number of carboxylic acids is 1. The van der Waals surface area contributed by atoms with E-state index in [1.54, 1.807) is 50.5 Å². The molecular weight excluding hydrogens is 292 g/mol. The van der Waals surface area contributed by atoms with Gasteiger partial charge in [-0.3, -0.25) is 4.79 Å². The highest BCUT2D eigenvalue weighted by atomic mass is 35.5. The summed E-state index contributed by atoms with van der Waals surface area (Å²) in [4.78, 5) is 23.1. The van der Waals surface area contributed by atoms with Crippen LogP contribution in [0.25, 0.3) is 0 Å². The Kier molecular flexibility index (Phi) is 4.33. The van der Waals surface area contributed by atoms with Gasteiger partial charge in [-0.05, 0) is 30.7 Å². The van der Waals surface area contributed by atoms with E-state index >= 15 is 0 Å². The molecule has 6 heteroatoms. The molecule has 1 heterocycles. The van der Waals surface area contributed by atoms with Crippen molar-refractivity contribution in [3.63, 3.8) is 0 Å². The van der Waals surface area contributed by atoms with Crippen LogP contribution in [0.15, 0.2) is 41.3 Å². The molecular formula is C15H15ClN2O3. The van der Waals surface area contributed by atoms with Crippen molar-refractivity contribution in [2.45, 2.75) is 13.0 Å². The number of rotatable bonds is 4. The molecule has 1 aromatic heterocycles. The Morgan fingerprint density at radius 2 is 1.95 bits per heavy atom. The van der Waals surface area contributed by atoms with Gasteiger partial charge in [0.05, 0.1) is 5.69 Å². The monoisotopic (exact) mass is 306 g/mol. The second kappa shape index (κ2) is 6.01. The zero-order valence-corrected chi connectivity index (χ0v) is 12.4. The molecule has 0 spiro atoms. The fourth-order valence-corrected chi connectivity index (χ4v) is 2.19. The van der Waals surface area contributed by atoms with Crippen molar-refractivity contribution in [2.75, 3.05) is 5.32 Å². The molecule has 0 aliphatic rings. The van der Waals surface area contributed by atoms with Crippen molar-refractivity contribution in [2.24, 2.45) is 7.05 Å². The standard InChI is InChI=1S/C15H15ClN2O3/c1-9-7-12(8-18(2)14(9)19)17-13(15(20)21)10-3-5-11(16)6-4-10/h3-8,13,17H,1-2H3,(H,20,21). The largest absolute Gasteiger partial charge is 0.479 e. The van der Waals surface area contributed by atoms with Gasteiger partial charge in [-0.2, -0.15) is 0 Å². The molecule has 0 bridgehead atoms. The predicted molar refractivity (Wildman–Crippen MR) is 81.9 cm³/mol. The molecule has 21 heavy (non-hydrogen) atoms. The lowest BCUT2D eigenvalue weighted by Gasteiger charge is -2.17. The number of anilines is 1. The van der Waals surface area contributed by atoms with Crippen molar-refractivity contribution >= 4 is 23.3 Å². The van der Waals surface area contributed by atoms with E-state index in [1.807, 2.05) is 0 Å². The minimum atomic E-state index is -1.01. The Morgan fingerprint density at radius 3 is 2.48 bits per heavy atom. The van der Waals surface area contributed by atoms with E-state index < -0.39 is 12.0 Å². The van der Waals surface area contributed by atoms with Crippen molar-refractivity contribution in [3.8, 4) is 0 Å². The van der Waals surface area contributed by atoms with Gasteiger partial charge in [-0.25, -0.2) is 4.79 Å². The second-order valence-electron chi connectivity index (χ2n) is 4.79. The third-order valence-corrected chi connectivity index (χ3v) is 3.38. The number of aryl methyl sites for hydroxylation is 2. The number of aliphatic carboxylic acids is 1. The minimum Gasteiger partial charge on any atom is -0.479 e. The summed E-state index contributed by atoms with van der Waals surface area (Å²) in [6.07, 6.45) is 1.57. The van der Waals surface area contributed by atoms with Crippen LogP contribution in [0.1, 0.15) is 17.2 Å². The van der Waals surface area contributed by atoms with Crippen molar-refractivity contribution in [1.29, 1.82) is 0 Å². The van der Waals surface area contributed by atoms with E-state index in [-0.39, 0.29) is 5.56 Å². The van der Waals surface area contributed by atoms with Gasteiger partial charge < -0.3 is 15.0 Å². The first-order valence-corrected chi connectivity index (χ1v) is 6.68. The van der Waals surface area contributed by atoms with Gasteiger partial charge in [-0.15, -0.1) is 0 Å². The first kappa shape index (κ1) is 15.1. The number of carboxylic acid groups (broad SMARTS) is 1. The first-order valence-electron chi connectivity index (χ1n) is 6.30. The number of aromatic nitrogens is 1. The average Bonchev–Trinajstić information content (AvgIpc) is 2.43. The summed E-state index contributed by atoms with van der Waals surface area (Å²) < 4.78 is 1.42. The maximum Gasteiger partial charge on any atom is 0.330 e. The normalized spacial score (nSPS) is 12.0. The molecule has 0 aliphatic heterocycles. The molecule has 0 fully saturated rings. The van der Waals surface area contributed by atoms with Gasteiger partial charge in [0, 0.05) is 23.8 Å². The Balaban J connectivity index is 2.35. The zero-order chi connectivity index (χ0) is 15.6. The Bertz CT molecular complexity index is 696. The number of hydrogen-bond donors (Lipinski definition) is 2. The number of benzene rings is 1. The van der Waals surface area contributed by atoms with Crippen LogP contribution < -0.4 is 10.9 Å². The maximum absolute atomic E-state index is 11.7. The summed E-state index contributed by atoms with van der Waals surface area (Å²) in [5.41, 5.74) is 1.58. The van der Waals surface area contributed by atoms with Gasteiger partial charge in [0.1, 0.15) is 0 Å². The molecule has 5 nitrogen and oxygen atoms in total. The smallest absolute Gasteiger partial charge is 0.330 e. The Hall–Kier alpha value is -2.27. The number of nitrogens with one attached hydrogen (secondary N) is 1. The van der Waals surface area contributed by atoms with Crippen LogP contribution in [0, 0.1) is 6.92 Å². The fraction of sp³-hybridized carbons (Fsp3) is 0.200. The van der Waals surface area contributed by atoms with Gasteiger partial charge in [0.15, 0.2) is 6.04 Å². The highest BCUT2D eigenvalue weighted by Crippen LogP contribution is 2.21. The number of halogens is 1. The second-order valence-corrected chi connectivity index (χ2v) is 5.23. The topological polar surface area (TPSA) is 71.3 Å². The molecule has 1 aromatic carbocycles. The van der Waals surface area contributed by atoms with Gasteiger partial charge in [0.25, 0.3) is 5.56 Å². The number of nitrogens with zero attached hydrogens (tertiary/aromatic N) is 1. The van der Waals surface area contributed by atoms with Crippen LogP contribution in [0.4, 0.5) is 5.69 Å². The van der Waals surface area contributed by atoms with Crippen LogP contribution in [-0.2, 0) is 11.8 Å². The first-order chi connectivity index (χ1) is 9.88. The Morgan fingerprint density at radius 1 is 1.33 bits per heavy atom. The summed E-state index contributed by atoms with van der Waals surface area (Å²) >= 11 is 5.81. The summed E-state index contributed by atoms with van der Waals surface area (Å²) in [5, 5.41) is 12.8. The van der Waals surface area contributed by atoms with Crippen LogP contribution >= 0.6 is 11.6 Å². The summed E-state index contributed by atoms with van der Waals surface area (Å²) in [6.45, 7) is 1.69. The number of carbonyl (C=O) groups is 1. The van der Waals surface area contributed by atoms with E-state index in [0.717, 1.165) is 0 Å². The SMILES string of the molecule is Cc1cc(NC(C(=O)O)c2ccc(Cl)cc2)cn(C)c1=O. The third-order valence-electron chi connectivity index (χ3n) is 3.12. The van der Waals surface area contributed by atoms with Crippen LogP contribution in [0.3, 0.4) is 0 Å². The molecule has 2 N–H and O–H groups in total. The predicted octanol–water partition coefficient (Wildman–Crippen LogP) is 2.58. The molecule has 1 atom stereocenters. The highest BCUT2D eigenvalue weighted by Gasteiger charge is 2.20. The fourth-order valence-electron chi connectivity index (χ4n) is 2.07. The lowest BCUT2D eigenvalue weighted by Crippen LogP contribution is -2.23. The van der Waals surface area contributed by atoms with E-state index in [2.05, 4.69) is 5.32 Å². The highest BCUT2D eigenvalue weighted by molar-refractivity contribution is 6.30. The van der Waals surface area contributed by atoms with Crippen LogP contribution in [0.2, 0.25) is 5.02 Å². The molecule has 0 amide bonds. The zero-order valence-electron chi connectivity index (χ0n) is 11.6. The van der Waals surface area contributed by atoms with Crippen LogP contribution in [0.5, 0.6) is 0 Å². The maximum atomic E-state index is 11.7. The van der Waals surface area contributed by atoms with Gasteiger partial charge >= 0.3 is 5.97 Å².